The van der Waals surface area contributed by atoms with Gasteiger partial charge in [-0.25, -0.2) is 29.1 Å². The van der Waals surface area contributed by atoms with Crippen LogP contribution in [-0.2, 0) is 18.9 Å². The third-order valence-corrected chi connectivity index (χ3v) is 9.48. The standard InChI is InChI=1S/C52H54N4O10/c1-49(2,3)63-45(57)55-29-15-21-39(55)35-19-13-17-33(43(35)61-47(59)65-51(7,8)9)37-27-25-31-23-24-32-26-28-38(54-42(32)41(31)53-37)34-18-14-20-36(44(34)62-48(60)66-52(10,11)12)40-22-16-30-56(40)46(58)64-50(4,5)6/h13-30H,1-12H3. The number of hydrogen-bond acceptors (Lipinski definition) is 12. The molecule has 14 heteroatoms. The smallest absolute Gasteiger partial charge is 0.443 e. The second-order valence-corrected chi connectivity index (χ2v) is 19.6. The molecule has 0 N–H and O–H groups in total. The Balaban J connectivity index is 1.40. The molecule has 0 spiro atoms. The van der Waals surface area contributed by atoms with Crippen molar-refractivity contribution < 1.29 is 47.6 Å². The van der Waals surface area contributed by atoms with Crippen LogP contribution in [0.2, 0.25) is 0 Å². The maximum Gasteiger partial charge on any atom is 0.514 e. The van der Waals surface area contributed by atoms with Gasteiger partial charge in [-0.15, -0.1) is 0 Å². The predicted molar refractivity (Wildman–Crippen MR) is 252 cm³/mol. The first-order valence-electron chi connectivity index (χ1n) is 21.5. The van der Waals surface area contributed by atoms with Gasteiger partial charge >= 0.3 is 24.5 Å². The van der Waals surface area contributed by atoms with Crippen molar-refractivity contribution in [3.05, 3.63) is 109 Å². The minimum Gasteiger partial charge on any atom is -0.443 e. The fraction of sp³-hybridized carbons (Fsp3) is 0.308. The molecule has 0 unspecified atom stereocenters. The highest BCUT2D eigenvalue weighted by Gasteiger charge is 2.29. The topological polar surface area (TPSA) is 159 Å². The van der Waals surface area contributed by atoms with Gasteiger partial charge < -0.3 is 28.4 Å². The van der Waals surface area contributed by atoms with E-state index in [2.05, 4.69) is 0 Å². The highest BCUT2D eigenvalue weighted by atomic mass is 16.7. The fourth-order valence-corrected chi connectivity index (χ4v) is 7.02. The Morgan fingerprint density at radius 1 is 0.409 bits per heavy atom. The monoisotopic (exact) mass is 894 g/mol. The summed E-state index contributed by atoms with van der Waals surface area (Å²) < 4.78 is 37.4. The molecule has 4 heterocycles. The highest BCUT2D eigenvalue weighted by molar-refractivity contribution is 6.05. The summed E-state index contributed by atoms with van der Waals surface area (Å²) in [4.78, 5) is 64.0. The van der Waals surface area contributed by atoms with Gasteiger partial charge in [0.2, 0.25) is 0 Å². The molecule has 0 amide bonds. The van der Waals surface area contributed by atoms with Gasteiger partial charge in [0.15, 0.2) is 11.5 Å². The molecule has 0 saturated heterocycles. The Morgan fingerprint density at radius 3 is 1.09 bits per heavy atom. The van der Waals surface area contributed by atoms with Gasteiger partial charge in [-0.2, -0.15) is 0 Å². The molecule has 4 aromatic heterocycles. The summed E-state index contributed by atoms with van der Waals surface area (Å²) in [5, 5.41) is 1.52. The molecular weight excluding hydrogens is 841 g/mol. The lowest BCUT2D eigenvalue weighted by Gasteiger charge is -2.22. The van der Waals surface area contributed by atoms with Crippen LogP contribution >= 0.6 is 0 Å². The molecule has 0 aliphatic carbocycles. The van der Waals surface area contributed by atoms with Crippen molar-refractivity contribution in [1.82, 2.24) is 19.1 Å². The third kappa shape index (κ3) is 10.7. The Labute approximate surface area is 383 Å². The number of pyridine rings is 2. The first-order chi connectivity index (χ1) is 30.8. The SMILES string of the molecule is CC(C)(C)OC(=O)Oc1c(-c2ccc3ccc4ccc(-c5cccc(-c6cccn6C(=O)OC(C)(C)C)c5OC(=O)OC(C)(C)C)nc4c3n2)cccc1-c1cccn1C(=O)OC(C)(C)C. The third-order valence-electron chi connectivity index (χ3n) is 9.48. The van der Waals surface area contributed by atoms with E-state index in [-0.39, 0.29) is 11.5 Å². The molecule has 0 saturated carbocycles. The maximum absolute atomic E-state index is 13.4. The minimum absolute atomic E-state index is 0.105. The van der Waals surface area contributed by atoms with Crippen LogP contribution in [0.5, 0.6) is 11.5 Å². The minimum atomic E-state index is -0.950. The second-order valence-electron chi connectivity index (χ2n) is 19.6. The average molecular weight is 895 g/mol. The Bertz CT molecular complexity index is 2800. The quantitative estimate of drug-likeness (QED) is 0.0674. The van der Waals surface area contributed by atoms with Crippen molar-refractivity contribution in [2.75, 3.05) is 0 Å². The molecule has 0 bridgehead atoms. The number of benzene rings is 3. The molecule has 7 aromatic rings. The van der Waals surface area contributed by atoms with Crippen molar-refractivity contribution in [2.45, 2.75) is 105 Å². The number of aromatic nitrogens is 4. The van der Waals surface area contributed by atoms with Crippen LogP contribution in [0.25, 0.3) is 66.8 Å². The average Bonchev–Trinajstić information content (AvgIpc) is 3.89. The van der Waals surface area contributed by atoms with Crippen LogP contribution in [0.1, 0.15) is 83.1 Å². The lowest BCUT2D eigenvalue weighted by Crippen LogP contribution is -2.27. The van der Waals surface area contributed by atoms with Crippen molar-refractivity contribution >= 4 is 46.3 Å². The number of fused-ring (bicyclic) bond motifs is 3. The second kappa shape index (κ2) is 17.5. The van der Waals surface area contributed by atoms with Gasteiger partial charge in [0.25, 0.3) is 0 Å². The maximum atomic E-state index is 13.4. The lowest BCUT2D eigenvalue weighted by atomic mass is 10.0. The van der Waals surface area contributed by atoms with E-state index in [9.17, 15) is 19.2 Å². The number of rotatable bonds is 6. The van der Waals surface area contributed by atoms with Crippen LogP contribution in [0, 0.1) is 0 Å². The van der Waals surface area contributed by atoms with Gasteiger partial charge in [0.1, 0.15) is 22.4 Å². The Morgan fingerprint density at radius 2 is 0.742 bits per heavy atom. The largest absolute Gasteiger partial charge is 0.514 e. The van der Waals surface area contributed by atoms with E-state index >= 15 is 0 Å². The van der Waals surface area contributed by atoms with Gasteiger partial charge in [-0.1, -0.05) is 36.4 Å². The van der Waals surface area contributed by atoms with E-state index in [1.807, 2.05) is 36.4 Å². The number of nitrogens with zero attached hydrogens (tertiary/aromatic N) is 4. The molecular formula is C52H54N4O10. The number of ether oxygens (including phenoxy) is 6. The first-order valence-corrected chi connectivity index (χ1v) is 21.5. The highest BCUT2D eigenvalue weighted by Crippen LogP contribution is 2.42. The molecule has 0 aliphatic heterocycles. The van der Waals surface area contributed by atoms with Crippen LogP contribution in [-0.4, -0.2) is 66.0 Å². The van der Waals surface area contributed by atoms with E-state index < -0.39 is 46.9 Å². The normalized spacial score (nSPS) is 12.2. The van der Waals surface area contributed by atoms with E-state index in [4.69, 9.17) is 38.4 Å². The van der Waals surface area contributed by atoms with Gasteiger partial charge in [0, 0.05) is 45.4 Å². The summed E-state index contributed by atoms with van der Waals surface area (Å²) in [5.41, 5.74) is 1.10. The first kappa shape index (κ1) is 46.5. The zero-order valence-corrected chi connectivity index (χ0v) is 39.3. The van der Waals surface area contributed by atoms with Crippen LogP contribution in [0.15, 0.2) is 109 Å². The number of carbonyl (C=O) groups is 4. The zero-order valence-electron chi connectivity index (χ0n) is 39.3. The van der Waals surface area contributed by atoms with E-state index in [0.717, 1.165) is 10.8 Å². The fourth-order valence-electron chi connectivity index (χ4n) is 7.02. The summed E-state index contributed by atoms with van der Waals surface area (Å²) in [7, 11) is 0. The van der Waals surface area contributed by atoms with E-state index in [0.29, 0.717) is 56.1 Å². The van der Waals surface area contributed by atoms with Gasteiger partial charge in [-0.3, -0.25) is 9.13 Å². The van der Waals surface area contributed by atoms with E-state index in [1.54, 1.807) is 156 Å². The molecule has 7 rings (SSSR count). The van der Waals surface area contributed by atoms with Crippen molar-refractivity contribution in [3.8, 4) is 56.5 Å². The number of carbonyl (C=O) groups excluding carboxylic acids is 4. The molecule has 0 atom stereocenters. The Hall–Kier alpha value is -7.48. The van der Waals surface area contributed by atoms with Crippen LogP contribution in [0.3, 0.4) is 0 Å². The summed E-state index contributed by atoms with van der Waals surface area (Å²) >= 11 is 0. The molecule has 3 aromatic carbocycles. The molecule has 342 valence electrons. The summed E-state index contributed by atoms with van der Waals surface area (Å²) in [6.07, 6.45) is 0.0270. The van der Waals surface area contributed by atoms with Gasteiger partial charge in [0.05, 0.1) is 33.8 Å². The summed E-state index contributed by atoms with van der Waals surface area (Å²) in [6, 6.07) is 28.7. The molecule has 66 heavy (non-hydrogen) atoms. The summed E-state index contributed by atoms with van der Waals surface area (Å²) in [6.45, 7) is 21.1. The summed E-state index contributed by atoms with van der Waals surface area (Å²) in [5.74, 6) is 0.209. The van der Waals surface area contributed by atoms with Crippen molar-refractivity contribution in [1.29, 1.82) is 0 Å². The zero-order chi connectivity index (χ0) is 47.9. The van der Waals surface area contributed by atoms with Crippen molar-refractivity contribution in [2.24, 2.45) is 0 Å². The molecule has 0 radical (unpaired) electrons. The van der Waals surface area contributed by atoms with Crippen LogP contribution < -0.4 is 9.47 Å². The predicted octanol–water partition coefficient (Wildman–Crippen LogP) is 13.2. The number of para-hydroxylation sites is 2. The molecule has 0 fully saturated rings. The molecule has 0 aliphatic rings. The van der Waals surface area contributed by atoms with Gasteiger partial charge in [-0.05, 0) is 144 Å². The molecule has 14 nitrogen and oxygen atoms in total. The van der Waals surface area contributed by atoms with Crippen LogP contribution in [0.4, 0.5) is 19.2 Å². The Kier molecular flexibility index (Phi) is 12.3. The number of hydrogen-bond donors (Lipinski definition) is 0. The lowest BCUT2D eigenvalue weighted by molar-refractivity contribution is 0.0195. The van der Waals surface area contributed by atoms with Crippen molar-refractivity contribution in [3.63, 3.8) is 0 Å². The van der Waals surface area contributed by atoms with E-state index in [1.165, 1.54) is 9.13 Å².